The van der Waals surface area contributed by atoms with E-state index in [1.165, 1.54) is 0 Å². The second kappa shape index (κ2) is 7.58. The maximum atomic E-state index is 12.6. The molecule has 27 heavy (non-hydrogen) atoms. The standard InChI is InChI=1S/C21H23N3O2S/c1-23-10-12-24(13-11-23)21(25)22-19-14-17-18(26-2)9-8-16(20(17)27-19)15-6-4-3-5-7-15/h3-9,14H,10-13H2,1-2H3,(H,22,25). The van der Waals surface area contributed by atoms with Crippen molar-refractivity contribution in [1.82, 2.24) is 9.80 Å². The van der Waals surface area contributed by atoms with Crippen molar-refractivity contribution in [3.05, 3.63) is 48.5 Å². The number of carbonyl (C=O) groups is 1. The van der Waals surface area contributed by atoms with E-state index in [0.29, 0.717) is 0 Å². The number of fused-ring (bicyclic) bond motifs is 1. The lowest BCUT2D eigenvalue weighted by Gasteiger charge is -2.32. The van der Waals surface area contributed by atoms with Crippen molar-refractivity contribution in [3.8, 4) is 16.9 Å². The molecule has 0 radical (unpaired) electrons. The highest BCUT2D eigenvalue weighted by Gasteiger charge is 2.20. The molecule has 5 nitrogen and oxygen atoms in total. The molecule has 3 aromatic rings. The Balaban J connectivity index is 1.65. The lowest BCUT2D eigenvalue weighted by atomic mass is 10.0. The van der Waals surface area contributed by atoms with E-state index < -0.39 is 0 Å². The zero-order valence-electron chi connectivity index (χ0n) is 15.6. The summed E-state index contributed by atoms with van der Waals surface area (Å²) >= 11 is 1.59. The summed E-state index contributed by atoms with van der Waals surface area (Å²) in [4.78, 5) is 16.7. The summed E-state index contributed by atoms with van der Waals surface area (Å²) in [5.41, 5.74) is 2.31. The molecule has 4 rings (SSSR count). The summed E-state index contributed by atoms with van der Waals surface area (Å²) in [7, 11) is 3.76. The molecule has 1 fully saturated rings. The number of methoxy groups -OCH3 is 1. The third-order valence-corrected chi connectivity index (χ3v) is 6.05. The highest BCUT2D eigenvalue weighted by Crippen LogP contribution is 2.42. The topological polar surface area (TPSA) is 44.8 Å². The first-order chi connectivity index (χ1) is 13.2. The summed E-state index contributed by atoms with van der Waals surface area (Å²) in [6, 6.07) is 16.3. The Hall–Kier alpha value is -2.57. The second-order valence-electron chi connectivity index (χ2n) is 6.76. The number of likely N-dealkylation sites (N-methyl/N-ethyl adjacent to an activating group) is 1. The summed E-state index contributed by atoms with van der Waals surface area (Å²) in [5, 5.41) is 4.95. The number of hydrogen-bond acceptors (Lipinski definition) is 4. The Morgan fingerprint density at radius 2 is 1.81 bits per heavy atom. The molecule has 2 aromatic carbocycles. The minimum Gasteiger partial charge on any atom is -0.496 e. The number of rotatable bonds is 3. The highest BCUT2D eigenvalue weighted by molar-refractivity contribution is 7.23. The van der Waals surface area contributed by atoms with E-state index in [2.05, 4.69) is 35.5 Å². The van der Waals surface area contributed by atoms with E-state index in [9.17, 15) is 4.79 Å². The Morgan fingerprint density at radius 1 is 1.07 bits per heavy atom. The van der Waals surface area contributed by atoms with Gasteiger partial charge in [-0.3, -0.25) is 5.32 Å². The van der Waals surface area contributed by atoms with Crippen LogP contribution in [-0.4, -0.2) is 56.2 Å². The van der Waals surface area contributed by atoms with Crippen LogP contribution in [0.15, 0.2) is 48.5 Å². The van der Waals surface area contributed by atoms with Gasteiger partial charge in [-0.25, -0.2) is 4.79 Å². The van der Waals surface area contributed by atoms with Gasteiger partial charge in [0.25, 0.3) is 0 Å². The molecule has 1 aliphatic rings. The summed E-state index contributed by atoms with van der Waals surface area (Å²) in [5.74, 6) is 0.820. The first-order valence-corrected chi connectivity index (χ1v) is 9.88. The predicted octanol–water partition coefficient (Wildman–Crippen LogP) is 4.36. The predicted molar refractivity (Wildman–Crippen MR) is 112 cm³/mol. The van der Waals surface area contributed by atoms with Crippen molar-refractivity contribution in [3.63, 3.8) is 0 Å². The van der Waals surface area contributed by atoms with E-state index in [1.54, 1.807) is 18.4 Å². The Kier molecular flexibility index (Phi) is 5.01. The van der Waals surface area contributed by atoms with Gasteiger partial charge in [-0.15, -0.1) is 11.3 Å². The average Bonchev–Trinajstić information content (AvgIpc) is 3.11. The molecule has 0 bridgehead atoms. The number of nitrogens with one attached hydrogen (secondary N) is 1. The molecule has 0 atom stereocenters. The zero-order chi connectivity index (χ0) is 18.8. The van der Waals surface area contributed by atoms with Crippen LogP contribution in [0.25, 0.3) is 21.2 Å². The minimum absolute atomic E-state index is 0.0325. The fourth-order valence-corrected chi connectivity index (χ4v) is 4.48. The van der Waals surface area contributed by atoms with Crippen LogP contribution in [0.2, 0.25) is 0 Å². The highest BCUT2D eigenvalue weighted by atomic mass is 32.1. The number of urea groups is 1. The van der Waals surface area contributed by atoms with Crippen LogP contribution in [0.1, 0.15) is 0 Å². The summed E-state index contributed by atoms with van der Waals surface area (Å²) < 4.78 is 6.66. The normalized spacial score (nSPS) is 15.1. The molecular weight excluding hydrogens is 358 g/mol. The molecule has 0 unspecified atom stereocenters. The first-order valence-electron chi connectivity index (χ1n) is 9.06. The number of piperazine rings is 1. The quantitative estimate of drug-likeness (QED) is 0.733. The molecule has 0 saturated carbocycles. The molecule has 2 amide bonds. The average molecular weight is 382 g/mol. The van der Waals surface area contributed by atoms with E-state index >= 15 is 0 Å². The van der Waals surface area contributed by atoms with Gasteiger partial charge in [0.15, 0.2) is 0 Å². The molecular formula is C21H23N3O2S. The fraction of sp³-hybridized carbons (Fsp3) is 0.286. The molecule has 6 heteroatoms. The van der Waals surface area contributed by atoms with Crippen LogP contribution < -0.4 is 10.1 Å². The summed E-state index contributed by atoms with van der Waals surface area (Å²) in [6.45, 7) is 3.33. The fourth-order valence-electron chi connectivity index (χ4n) is 3.38. The van der Waals surface area contributed by atoms with Gasteiger partial charge in [0, 0.05) is 36.3 Å². The number of amides is 2. The van der Waals surface area contributed by atoms with Gasteiger partial charge >= 0.3 is 6.03 Å². The van der Waals surface area contributed by atoms with Crippen LogP contribution in [0.4, 0.5) is 9.80 Å². The van der Waals surface area contributed by atoms with E-state index in [0.717, 1.165) is 58.1 Å². The maximum absolute atomic E-state index is 12.6. The van der Waals surface area contributed by atoms with Crippen molar-refractivity contribution < 1.29 is 9.53 Å². The lowest BCUT2D eigenvalue weighted by molar-refractivity contribution is 0.164. The van der Waals surface area contributed by atoms with Crippen LogP contribution in [0.3, 0.4) is 0 Å². The molecule has 0 spiro atoms. The Labute approximate surface area is 163 Å². The third-order valence-electron chi connectivity index (χ3n) is 4.97. The van der Waals surface area contributed by atoms with Gasteiger partial charge in [0.2, 0.25) is 0 Å². The first kappa shape index (κ1) is 17.8. The Bertz CT molecular complexity index is 947. The van der Waals surface area contributed by atoms with Crippen LogP contribution >= 0.6 is 11.3 Å². The van der Waals surface area contributed by atoms with Crippen molar-refractivity contribution in [2.75, 3.05) is 45.7 Å². The van der Waals surface area contributed by atoms with E-state index in [-0.39, 0.29) is 6.03 Å². The van der Waals surface area contributed by atoms with Gasteiger partial charge in [0.1, 0.15) is 5.75 Å². The number of benzene rings is 2. The SMILES string of the molecule is COc1ccc(-c2ccccc2)c2sc(NC(=O)N3CCN(C)CC3)cc12. The second-order valence-corrected chi connectivity index (χ2v) is 7.81. The van der Waals surface area contributed by atoms with Gasteiger partial charge in [-0.1, -0.05) is 30.3 Å². The number of carbonyl (C=O) groups excluding carboxylic acids is 1. The maximum Gasteiger partial charge on any atom is 0.322 e. The molecule has 0 aliphatic carbocycles. The number of anilines is 1. The van der Waals surface area contributed by atoms with Crippen molar-refractivity contribution in [2.45, 2.75) is 0 Å². The number of thiophene rings is 1. The smallest absolute Gasteiger partial charge is 0.322 e. The van der Waals surface area contributed by atoms with Gasteiger partial charge < -0.3 is 14.5 Å². The molecule has 140 valence electrons. The van der Waals surface area contributed by atoms with Crippen LogP contribution in [0.5, 0.6) is 5.75 Å². The van der Waals surface area contributed by atoms with Gasteiger partial charge in [-0.2, -0.15) is 0 Å². The molecule has 2 heterocycles. The third kappa shape index (κ3) is 3.63. The lowest BCUT2D eigenvalue weighted by Crippen LogP contribution is -2.48. The van der Waals surface area contributed by atoms with E-state index in [4.69, 9.17) is 4.74 Å². The van der Waals surface area contributed by atoms with Crippen molar-refractivity contribution in [2.24, 2.45) is 0 Å². The van der Waals surface area contributed by atoms with Crippen LogP contribution in [0, 0.1) is 0 Å². The molecule has 1 saturated heterocycles. The van der Waals surface area contributed by atoms with Crippen LogP contribution in [-0.2, 0) is 0 Å². The van der Waals surface area contributed by atoms with Gasteiger partial charge in [-0.05, 0) is 36.4 Å². The number of nitrogens with zero attached hydrogens (tertiary/aromatic N) is 2. The number of hydrogen-bond donors (Lipinski definition) is 1. The number of ether oxygens (including phenoxy) is 1. The molecule has 1 aromatic heterocycles. The largest absolute Gasteiger partial charge is 0.496 e. The zero-order valence-corrected chi connectivity index (χ0v) is 16.4. The molecule has 1 aliphatic heterocycles. The summed E-state index contributed by atoms with van der Waals surface area (Å²) in [6.07, 6.45) is 0. The monoisotopic (exact) mass is 381 g/mol. The van der Waals surface area contributed by atoms with Gasteiger partial charge in [0.05, 0.1) is 12.1 Å². The van der Waals surface area contributed by atoms with Crippen molar-refractivity contribution >= 4 is 32.5 Å². The van der Waals surface area contributed by atoms with Crippen molar-refractivity contribution in [1.29, 1.82) is 0 Å². The minimum atomic E-state index is -0.0325. The molecule has 1 N–H and O–H groups in total. The van der Waals surface area contributed by atoms with E-state index in [1.807, 2.05) is 35.2 Å². The Morgan fingerprint density at radius 3 is 2.52 bits per heavy atom.